The van der Waals surface area contributed by atoms with Gasteiger partial charge in [-0.1, -0.05) is 12.1 Å². The molecule has 1 heterocycles. The Bertz CT molecular complexity index is 542. The fourth-order valence-corrected chi connectivity index (χ4v) is 1.63. The lowest BCUT2D eigenvalue weighted by molar-refractivity contribution is 0.480. The van der Waals surface area contributed by atoms with Gasteiger partial charge in [-0.15, -0.1) is 0 Å². The van der Waals surface area contributed by atoms with Crippen LogP contribution in [0.2, 0.25) is 0 Å². The highest BCUT2D eigenvalue weighted by Crippen LogP contribution is 2.23. The monoisotopic (exact) mass is 250 g/mol. The Kier molecular flexibility index (Phi) is 3.59. The van der Waals surface area contributed by atoms with Gasteiger partial charge in [-0.2, -0.15) is 0 Å². The summed E-state index contributed by atoms with van der Waals surface area (Å²) in [5.74, 6) is 3.52. The van der Waals surface area contributed by atoms with E-state index in [9.17, 15) is 8.78 Å². The highest BCUT2D eigenvalue weighted by atomic mass is 19.2. The quantitative estimate of drug-likeness (QED) is 0.641. The molecule has 0 bridgehead atoms. The molecule has 0 aliphatic carbocycles. The summed E-state index contributed by atoms with van der Waals surface area (Å²) in [5.41, 5.74) is 3.66. The van der Waals surface area contributed by atoms with Crippen molar-refractivity contribution in [1.29, 1.82) is 0 Å². The number of hydrogen-bond acceptors (Lipinski definition) is 4. The number of aromatic nitrogens is 2. The number of benzene rings is 1. The molecule has 1 unspecified atom stereocenters. The van der Waals surface area contributed by atoms with Crippen LogP contribution in [0, 0.1) is 18.6 Å². The van der Waals surface area contributed by atoms with Crippen LogP contribution < -0.4 is 11.3 Å². The van der Waals surface area contributed by atoms with E-state index in [-0.39, 0.29) is 5.56 Å². The van der Waals surface area contributed by atoms with Gasteiger partial charge < -0.3 is 0 Å². The van der Waals surface area contributed by atoms with E-state index in [1.54, 1.807) is 6.92 Å². The van der Waals surface area contributed by atoms with Crippen molar-refractivity contribution in [2.45, 2.75) is 13.0 Å². The minimum absolute atomic E-state index is 0.0932. The predicted octanol–water partition coefficient (Wildman–Crippen LogP) is 1.62. The molecule has 0 radical (unpaired) electrons. The molecule has 2 aromatic rings. The second kappa shape index (κ2) is 5.16. The van der Waals surface area contributed by atoms with Gasteiger partial charge in [-0.05, 0) is 13.0 Å². The van der Waals surface area contributed by atoms with Gasteiger partial charge in [0, 0.05) is 11.8 Å². The van der Waals surface area contributed by atoms with Crippen LogP contribution in [-0.4, -0.2) is 9.97 Å². The zero-order valence-corrected chi connectivity index (χ0v) is 9.69. The second-order valence-corrected chi connectivity index (χ2v) is 3.83. The Hall–Kier alpha value is -1.92. The van der Waals surface area contributed by atoms with Crippen molar-refractivity contribution in [2.75, 3.05) is 0 Å². The maximum absolute atomic E-state index is 13.7. The van der Waals surface area contributed by atoms with E-state index in [4.69, 9.17) is 5.84 Å². The smallest absolute Gasteiger partial charge is 0.164 e. The van der Waals surface area contributed by atoms with Crippen LogP contribution in [-0.2, 0) is 0 Å². The average Bonchev–Trinajstić information content (AvgIpc) is 2.37. The van der Waals surface area contributed by atoms with Gasteiger partial charge in [0.1, 0.15) is 0 Å². The van der Waals surface area contributed by atoms with Crippen molar-refractivity contribution in [3.63, 3.8) is 0 Å². The number of nitrogens with two attached hydrogens (primary N) is 1. The van der Waals surface area contributed by atoms with Crippen molar-refractivity contribution < 1.29 is 8.78 Å². The molecule has 1 aromatic carbocycles. The number of nitrogens with zero attached hydrogens (tertiary/aromatic N) is 2. The first-order chi connectivity index (χ1) is 8.63. The van der Waals surface area contributed by atoms with Gasteiger partial charge in [0.05, 0.1) is 23.6 Å². The van der Waals surface area contributed by atoms with Gasteiger partial charge >= 0.3 is 0 Å². The van der Waals surface area contributed by atoms with Crippen molar-refractivity contribution >= 4 is 0 Å². The maximum Gasteiger partial charge on any atom is 0.164 e. The van der Waals surface area contributed by atoms with Crippen molar-refractivity contribution in [2.24, 2.45) is 5.84 Å². The van der Waals surface area contributed by atoms with E-state index in [1.807, 2.05) is 0 Å². The van der Waals surface area contributed by atoms with Crippen LogP contribution in [0.1, 0.15) is 23.0 Å². The lowest BCUT2D eigenvalue weighted by Crippen LogP contribution is -2.30. The summed E-state index contributed by atoms with van der Waals surface area (Å²) in [6, 6.07) is 3.17. The minimum Gasteiger partial charge on any atom is -0.271 e. The molecule has 2 rings (SSSR count). The van der Waals surface area contributed by atoms with E-state index in [1.165, 1.54) is 24.5 Å². The Balaban J connectivity index is 2.45. The Morgan fingerprint density at radius 2 is 2.00 bits per heavy atom. The molecule has 0 aliphatic rings. The number of rotatable bonds is 3. The highest BCUT2D eigenvalue weighted by Gasteiger charge is 2.20. The normalized spacial score (nSPS) is 12.4. The fraction of sp³-hybridized carbons (Fsp3) is 0.167. The fourth-order valence-electron chi connectivity index (χ4n) is 1.63. The first-order valence-electron chi connectivity index (χ1n) is 5.32. The molecule has 6 heteroatoms. The van der Waals surface area contributed by atoms with Crippen LogP contribution in [0.3, 0.4) is 0 Å². The van der Waals surface area contributed by atoms with E-state index in [2.05, 4.69) is 15.4 Å². The summed E-state index contributed by atoms with van der Waals surface area (Å²) in [5, 5.41) is 0. The molecule has 18 heavy (non-hydrogen) atoms. The van der Waals surface area contributed by atoms with Gasteiger partial charge in [0.2, 0.25) is 0 Å². The van der Waals surface area contributed by atoms with Crippen LogP contribution in [0.5, 0.6) is 0 Å². The van der Waals surface area contributed by atoms with Crippen LogP contribution >= 0.6 is 0 Å². The molecule has 1 aromatic heterocycles. The van der Waals surface area contributed by atoms with Crippen LogP contribution in [0.25, 0.3) is 0 Å². The maximum atomic E-state index is 13.7. The molecule has 0 spiro atoms. The van der Waals surface area contributed by atoms with Crippen LogP contribution in [0.15, 0.2) is 30.6 Å². The summed E-state index contributed by atoms with van der Waals surface area (Å²) in [6.07, 6.45) is 3.01. The molecule has 3 N–H and O–H groups in total. The summed E-state index contributed by atoms with van der Waals surface area (Å²) < 4.78 is 26.9. The molecule has 1 atom stereocenters. The summed E-state index contributed by atoms with van der Waals surface area (Å²) in [6.45, 7) is 1.78. The third kappa shape index (κ3) is 2.34. The topological polar surface area (TPSA) is 63.8 Å². The lowest BCUT2D eigenvalue weighted by atomic mass is 10.0. The Labute approximate surface area is 103 Å². The average molecular weight is 250 g/mol. The first-order valence-corrected chi connectivity index (χ1v) is 5.32. The van der Waals surface area contributed by atoms with Crippen molar-refractivity contribution in [3.05, 3.63) is 59.2 Å². The van der Waals surface area contributed by atoms with Gasteiger partial charge in [0.25, 0.3) is 0 Å². The predicted molar refractivity (Wildman–Crippen MR) is 62.3 cm³/mol. The first kappa shape index (κ1) is 12.5. The number of hydrogen-bond donors (Lipinski definition) is 2. The number of hydrazine groups is 1. The summed E-state index contributed by atoms with van der Waals surface area (Å²) >= 11 is 0. The van der Waals surface area contributed by atoms with E-state index in [0.29, 0.717) is 5.69 Å². The molecule has 4 nitrogen and oxygen atoms in total. The molecular weight excluding hydrogens is 238 g/mol. The van der Waals surface area contributed by atoms with Crippen molar-refractivity contribution in [3.8, 4) is 0 Å². The SMILES string of the molecule is Cc1cnc(C(NN)c2cccc(F)c2F)cn1. The van der Waals surface area contributed by atoms with Gasteiger partial charge in [0.15, 0.2) is 11.6 Å². The molecule has 0 aliphatic heterocycles. The van der Waals surface area contributed by atoms with Crippen molar-refractivity contribution in [1.82, 2.24) is 15.4 Å². The molecule has 0 saturated heterocycles. The van der Waals surface area contributed by atoms with E-state index >= 15 is 0 Å². The number of aryl methyl sites for hydroxylation is 1. The van der Waals surface area contributed by atoms with Gasteiger partial charge in [-0.25, -0.2) is 14.2 Å². The third-order valence-electron chi connectivity index (χ3n) is 2.56. The molecular formula is C12H12F2N4. The molecule has 0 fully saturated rings. The Morgan fingerprint density at radius 1 is 1.22 bits per heavy atom. The lowest BCUT2D eigenvalue weighted by Gasteiger charge is -2.16. The second-order valence-electron chi connectivity index (χ2n) is 3.83. The standard InChI is InChI=1S/C12H12F2N4/c1-7-5-17-10(6-16-7)12(18-15)8-3-2-4-9(13)11(8)14/h2-6,12,18H,15H2,1H3. The Morgan fingerprint density at radius 3 is 2.61 bits per heavy atom. The summed E-state index contributed by atoms with van der Waals surface area (Å²) in [7, 11) is 0. The highest BCUT2D eigenvalue weighted by molar-refractivity contribution is 5.28. The molecule has 94 valence electrons. The zero-order valence-electron chi connectivity index (χ0n) is 9.69. The largest absolute Gasteiger partial charge is 0.271 e. The molecule has 0 saturated carbocycles. The number of halogens is 2. The van der Waals surface area contributed by atoms with Gasteiger partial charge in [-0.3, -0.25) is 15.8 Å². The minimum atomic E-state index is -0.942. The number of nitrogens with one attached hydrogen (secondary N) is 1. The summed E-state index contributed by atoms with van der Waals surface area (Å²) in [4.78, 5) is 8.15. The third-order valence-corrected chi connectivity index (χ3v) is 2.56. The zero-order chi connectivity index (χ0) is 13.1. The van der Waals surface area contributed by atoms with E-state index < -0.39 is 17.7 Å². The van der Waals surface area contributed by atoms with E-state index in [0.717, 1.165) is 11.8 Å². The molecule has 0 amide bonds. The van der Waals surface area contributed by atoms with Crippen LogP contribution in [0.4, 0.5) is 8.78 Å².